The van der Waals surface area contributed by atoms with Gasteiger partial charge in [-0.3, -0.25) is 0 Å². The third-order valence-electron chi connectivity index (χ3n) is 3.76. The summed E-state index contributed by atoms with van der Waals surface area (Å²) < 4.78 is 0.945. The van der Waals surface area contributed by atoms with Crippen molar-refractivity contribution >= 4 is 21.6 Å². The number of benzene rings is 1. The Kier molecular flexibility index (Phi) is 5.87. The van der Waals surface area contributed by atoms with Gasteiger partial charge in [0.15, 0.2) is 0 Å². The van der Waals surface area contributed by atoms with Crippen molar-refractivity contribution in [1.82, 2.24) is 4.90 Å². The second-order valence-electron chi connectivity index (χ2n) is 5.65. The predicted molar refractivity (Wildman–Crippen MR) is 86.8 cm³/mol. The van der Waals surface area contributed by atoms with Crippen LogP contribution in [-0.2, 0) is 0 Å². The maximum absolute atomic E-state index is 9.15. The Morgan fingerprint density at radius 1 is 1.35 bits per heavy atom. The lowest BCUT2D eigenvalue weighted by molar-refractivity contribution is 0.204. The first kappa shape index (κ1) is 15.3. The van der Waals surface area contributed by atoms with E-state index in [1.807, 2.05) is 18.2 Å². The third kappa shape index (κ3) is 4.50. The number of piperidine rings is 1. The summed E-state index contributed by atoms with van der Waals surface area (Å²) in [7, 11) is 0. The SMILES string of the molecule is CC(CNc1ccc(Br)cc1C#N)CN1CCCCC1. The maximum Gasteiger partial charge on any atom is 0.101 e. The van der Waals surface area contributed by atoms with Crippen LogP contribution in [0.15, 0.2) is 22.7 Å². The smallest absolute Gasteiger partial charge is 0.101 e. The largest absolute Gasteiger partial charge is 0.384 e. The Balaban J connectivity index is 1.83. The van der Waals surface area contributed by atoms with Crippen molar-refractivity contribution < 1.29 is 0 Å². The number of hydrogen-bond acceptors (Lipinski definition) is 3. The molecule has 1 aromatic carbocycles. The maximum atomic E-state index is 9.15. The molecule has 0 bridgehead atoms. The summed E-state index contributed by atoms with van der Waals surface area (Å²) in [6.07, 6.45) is 4.06. The van der Waals surface area contributed by atoms with Crippen molar-refractivity contribution in [1.29, 1.82) is 5.26 Å². The lowest BCUT2D eigenvalue weighted by Crippen LogP contribution is -2.35. The van der Waals surface area contributed by atoms with Crippen molar-refractivity contribution in [2.24, 2.45) is 5.92 Å². The molecule has 3 nitrogen and oxygen atoms in total. The van der Waals surface area contributed by atoms with Crippen LogP contribution in [0.1, 0.15) is 31.7 Å². The minimum Gasteiger partial charge on any atom is -0.384 e. The fourth-order valence-electron chi connectivity index (χ4n) is 2.69. The molecule has 1 aliphatic rings. The van der Waals surface area contributed by atoms with Crippen molar-refractivity contribution in [2.75, 3.05) is 31.5 Å². The van der Waals surface area contributed by atoms with Crippen LogP contribution < -0.4 is 5.32 Å². The van der Waals surface area contributed by atoms with Gasteiger partial charge >= 0.3 is 0 Å². The van der Waals surface area contributed by atoms with E-state index in [4.69, 9.17) is 5.26 Å². The van der Waals surface area contributed by atoms with E-state index in [-0.39, 0.29) is 0 Å². The summed E-state index contributed by atoms with van der Waals surface area (Å²) in [6, 6.07) is 8.04. The van der Waals surface area contributed by atoms with Crippen LogP contribution in [-0.4, -0.2) is 31.1 Å². The van der Waals surface area contributed by atoms with E-state index in [0.29, 0.717) is 11.5 Å². The highest BCUT2D eigenvalue weighted by Gasteiger charge is 2.13. The molecule has 0 saturated carbocycles. The van der Waals surface area contributed by atoms with Crippen molar-refractivity contribution in [2.45, 2.75) is 26.2 Å². The number of nitrogens with one attached hydrogen (secondary N) is 1. The molecular formula is C16H22BrN3. The zero-order valence-electron chi connectivity index (χ0n) is 12.0. The molecule has 0 amide bonds. The van der Waals surface area contributed by atoms with Gasteiger partial charge in [-0.15, -0.1) is 0 Å². The number of likely N-dealkylation sites (tertiary alicyclic amines) is 1. The fourth-order valence-corrected chi connectivity index (χ4v) is 3.06. The minimum atomic E-state index is 0.586. The van der Waals surface area contributed by atoms with Crippen LogP contribution in [0.5, 0.6) is 0 Å². The van der Waals surface area contributed by atoms with Crippen LogP contribution in [0.2, 0.25) is 0 Å². The highest BCUT2D eigenvalue weighted by atomic mass is 79.9. The van der Waals surface area contributed by atoms with Gasteiger partial charge in [-0.05, 0) is 50.0 Å². The van der Waals surface area contributed by atoms with E-state index in [0.717, 1.165) is 23.2 Å². The standard InChI is InChI=1S/C16H22BrN3/c1-13(12-20-7-3-2-4-8-20)11-19-16-6-5-15(17)9-14(16)10-18/h5-6,9,13,19H,2-4,7-8,11-12H2,1H3. The molecule has 1 heterocycles. The second-order valence-corrected chi connectivity index (χ2v) is 6.56. The molecule has 0 spiro atoms. The van der Waals surface area contributed by atoms with Crippen LogP contribution in [0, 0.1) is 17.2 Å². The van der Waals surface area contributed by atoms with Gasteiger partial charge in [-0.2, -0.15) is 5.26 Å². The molecule has 1 fully saturated rings. The van der Waals surface area contributed by atoms with E-state index in [1.54, 1.807) is 0 Å². The quantitative estimate of drug-likeness (QED) is 0.888. The molecule has 1 saturated heterocycles. The van der Waals surface area contributed by atoms with E-state index in [2.05, 4.69) is 39.1 Å². The molecule has 1 atom stereocenters. The van der Waals surface area contributed by atoms with Gasteiger partial charge in [0.25, 0.3) is 0 Å². The number of nitrogens with zero attached hydrogens (tertiary/aromatic N) is 2. The van der Waals surface area contributed by atoms with Gasteiger partial charge in [0.05, 0.1) is 11.3 Å². The molecule has 0 radical (unpaired) electrons. The number of anilines is 1. The Morgan fingerprint density at radius 2 is 2.10 bits per heavy atom. The number of halogens is 1. The summed E-state index contributed by atoms with van der Waals surface area (Å²) in [4.78, 5) is 2.56. The van der Waals surface area contributed by atoms with Crippen LogP contribution >= 0.6 is 15.9 Å². The Bertz CT molecular complexity index is 475. The van der Waals surface area contributed by atoms with Crippen LogP contribution in [0.25, 0.3) is 0 Å². The van der Waals surface area contributed by atoms with E-state index >= 15 is 0 Å². The molecule has 4 heteroatoms. The van der Waals surface area contributed by atoms with E-state index in [9.17, 15) is 0 Å². The third-order valence-corrected chi connectivity index (χ3v) is 4.25. The topological polar surface area (TPSA) is 39.1 Å². The van der Waals surface area contributed by atoms with Gasteiger partial charge < -0.3 is 10.2 Å². The molecule has 108 valence electrons. The number of nitriles is 1. The average molecular weight is 336 g/mol. The molecule has 0 aliphatic carbocycles. The molecule has 2 rings (SSSR count). The summed E-state index contributed by atoms with van der Waals surface area (Å²) in [5.41, 5.74) is 1.63. The van der Waals surface area contributed by atoms with Gasteiger partial charge in [-0.25, -0.2) is 0 Å². The second kappa shape index (κ2) is 7.66. The summed E-state index contributed by atoms with van der Waals surface area (Å²) >= 11 is 3.40. The van der Waals surface area contributed by atoms with Crippen LogP contribution in [0.3, 0.4) is 0 Å². The lowest BCUT2D eigenvalue weighted by Gasteiger charge is -2.29. The van der Waals surface area contributed by atoms with Gasteiger partial charge in [0.2, 0.25) is 0 Å². The summed E-state index contributed by atoms with van der Waals surface area (Å²) in [5.74, 6) is 0.586. The molecule has 0 aromatic heterocycles. The first-order chi connectivity index (χ1) is 9.69. The lowest BCUT2D eigenvalue weighted by atomic mass is 10.1. The van der Waals surface area contributed by atoms with Crippen molar-refractivity contribution in [3.63, 3.8) is 0 Å². The molecule has 1 aromatic rings. The molecule has 1 N–H and O–H groups in total. The summed E-state index contributed by atoms with van der Waals surface area (Å²) in [6.45, 7) is 6.81. The predicted octanol–water partition coefficient (Wildman–Crippen LogP) is 3.85. The van der Waals surface area contributed by atoms with Crippen molar-refractivity contribution in [3.05, 3.63) is 28.2 Å². The summed E-state index contributed by atoms with van der Waals surface area (Å²) in [5, 5.41) is 12.6. The van der Waals surface area contributed by atoms with Crippen LogP contribution in [0.4, 0.5) is 5.69 Å². The van der Waals surface area contributed by atoms with Gasteiger partial charge in [-0.1, -0.05) is 29.3 Å². The Hall–Kier alpha value is -1.05. The zero-order valence-corrected chi connectivity index (χ0v) is 13.6. The fraction of sp³-hybridized carbons (Fsp3) is 0.562. The highest BCUT2D eigenvalue weighted by molar-refractivity contribution is 9.10. The van der Waals surface area contributed by atoms with E-state index < -0.39 is 0 Å². The Morgan fingerprint density at radius 3 is 2.80 bits per heavy atom. The normalized spacial score (nSPS) is 17.4. The first-order valence-corrected chi connectivity index (χ1v) is 8.14. The van der Waals surface area contributed by atoms with Gasteiger partial charge in [0, 0.05) is 17.6 Å². The Labute approximate surface area is 130 Å². The minimum absolute atomic E-state index is 0.586. The average Bonchev–Trinajstić information content (AvgIpc) is 2.47. The first-order valence-electron chi connectivity index (χ1n) is 7.35. The van der Waals surface area contributed by atoms with Gasteiger partial charge in [0.1, 0.15) is 6.07 Å². The monoisotopic (exact) mass is 335 g/mol. The molecule has 20 heavy (non-hydrogen) atoms. The molecule has 1 unspecified atom stereocenters. The zero-order chi connectivity index (χ0) is 14.4. The molecular weight excluding hydrogens is 314 g/mol. The number of rotatable bonds is 5. The van der Waals surface area contributed by atoms with Crippen molar-refractivity contribution in [3.8, 4) is 6.07 Å². The number of hydrogen-bond donors (Lipinski definition) is 1. The molecule has 1 aliphatic heterocycles. The highest BCUT2D eigenvalue weighted by Crippen LogP contribution is 2.20. The van der Waals surface area contributed by atoms with E-state index in [1.165, 1.54) is 32.4 Å².